The molecule has 2 aromatic rings. The highest BCUT2D eigenvalue weighted by molar-refractivity contribution is 5.93. The molecule has 0 bridgehead atoms. The highest BCUT2D eigenvalue weighted by Gasteiger charge is 2.18. The number of carbonyl (C=O) groups excluding carboxylic acids is 1. The molecule has 2 rings (SSSR count). The van der Waals surface area contributed by atoms with Crippen molar-refractivity contribution in [3.8, 4) is 6.07 Å². The lowest BCUT2D eigenvalue weighted by molar-refractivity contribution is -0.119. The SMILES string of the molecule is CC(C(=O)Nc1cc(N)ccc1F)n1cnc(C#N)n1. The topological polar surface area (TPSA) is 110 Å². The third-order valence-electron chi connectivity index (χ3n) is 2.63. The molecule has 7 nitrogen and oxygen atoms in total. The van der Waals surface area contributed by atoms with Crippen molar-refractivity contribution in [2.75, 3.05) is 11.1 Å². The van der Waals surface area contributed by atoms with Crippen LogP contribution in [-0.2, 0) is 4.79 Å². The quantitative estimate of drug-likeness (QED) is 0.813. The minimum absolute atomic E-state index is 0.0116. The van der Waals surface area contributed by atoms with Crippen molar-refractivity contribution in [2.45, 2.75) is 13.0 Å². The minimum atomic E-state index is -0.745. The Hall–Kier alpha value is -2.95. The number of anilines is 2. The Morgan fingerprint density at radius 2 is 2.35 bits per heavy atom. The van der Waals surface area contributed by atoms with Crippen LogP contribution in [0.3, 0.4) is 0 Å². The molecular weight excluding hydrogens is 263 g/mol. The molecule has 3 N–H and O–H groups in total. The zero-order valence-corrected chi connectivity index (χ0v) is 10.5. The Bertz CT molecular complexity index is 689. The summed E-state index contributed by atoms with van der Waals surface area (Å²) in [4.78, 5) is 15.7. The Balaban J connectivity index is 2.15. The normalized spacial score (nSPS) is 11.7. The summed E-state index contributed by atoms with van der Waals surface area (Å²) < 4.78 is 14.7. The van der Waals surface area contributed by atoms with Crippen molar-refractivity contribution >= 4 is 17.3 Å². The molecule has 1 aromatic carbocycles. The summed E-state index contributed by atoms with van der Waals surface area (Å²) in [5.74, 6) is -1.13. The maximum absolute atomic E-state index is 13.5. The van der Waals surface area contributed by atoms with Gasteiger partial charge in [0.25, 0.3) is 5.82 Å². The molecule has 1 heterocycles. The number of carbonyl (C=O) groups is 1. The van der Waals surface area contributed by atoms with Crippen LogP contribution < -0.4 is 11.1 Å². The number of halogens is 1. The predicted octanol–water partition coefficient (Wildman–Crippen LogP) is 1.07. The number of hydrogen-bond donors (Lipinski definition) is 2. The van der Waals surface area contributed by atoms with Gasteiger partial charge in [0, 0.05) is 5.69 Å². The van der Waals surface area contributed by atoms with E-state index in [9.17, 15) is 9.18 Å². The van der Waals surface area contributed by atoms with Gasteiger partial charge in [0.2, 0.25) is 5.91 Å². The van der Waals surface area contributed by atoms with Crippen LogP contribution in [0.4, 0.5) is 15.8 Å². The van der Waals surface area contributed by atoms with E-state index in [4.69, 9.17) is 11.0 Å². The van der Waals surface area contributed by atoms with E-state index in [1.165, 1.54) is 29.2 Å². The van der Waals surface area contributed by atoms with Gasteiger partial charge in [0.1, 0.15) is 24.3 Å². The summed E-state index contributed by atoms with van der Waals surface area (Å²) in [6, 6.07) is 4.89. The highest BCUT2D eigenvalue weighted by atomic mass is 19.1. The first kappa shape index (κ1) is 13.5. The molecule has 1 atom stereocenters. The van der Waals surface area contributed by atoms with Crippen LogP contribution in [-0.4, -0.2) is 20.7 Å². The van der Waals surface area contributed by atoms with Gasteiger partial charge in [-0.3, -0.25) is 4.79 Å². The van der Waals surface area contributed by atoms with Gasteiger partial charge in [-0.2, -0.15) is 5.26 Å². The highest BCUT2D eigenvalue weighted by Crippen LogP contribution is 2.18. The third-order valence-corrected chi connectivity index (χ3v) is 2.63. The van der Waals surface area contributed by atoms with Crippen molar-refractivity contribution in [3.05, 3.63) is 36.2 Å². The average Bonchev–Trinajstić information content (AvgIpc) is 2.90. The predicted molar refractivity (Wildman–Crippen MR) is 68.9 cm³/mol. The second-order valence-corrected chi connectivity index (χ2v) is 4.06. The molecule has 0 fully saturated rings. The number of nitrogens with two attached hydrogens (primary N) is 1. The molecule has 1 unspecified atom stereocenters. The van der Waals surface area contributed by atoms with Crippen molar-refractivity contribution < 1.29 is 9.18 Å². The lowest BCUT2D eigenvalue weighted by Gasteiger charge is -2.12. The largest absolute Gasteiger partial charge is 0.399 e. The van der Waals surface area contributed by atoms with Crippen LogP contribution in [0.2, 0.25) is 0 Å². The van der Waals surface area contributed by atoms with Crippen molar-refractivity contribution in [3.63, 3.8) is 0 Å². The van der Waals surface area contributed by atoms with Gasteiger partial charge in [0.15, 0.2) is 0 Å². The number of hydrogen-bond acceptors (Lipinski definition) is 5. The molecule has 0 spiro atoms. The van der Waals surface area contributed by atoms with Gasteiger partial charge in [-0.1, -0.05) is 0 Å². The van der Waals surface area contributed by atoms with Crippen molar-refractivity contribution in [1.82, 2.24) is 14.8 Å². The average molecular weight is 274 g/mol. The van der Waals surface area contributed by atoms with Crippen LogP contribution in [0.25, 0.3) is 0 Å². The van der Waals surface area contributed by atoms with Gasteiger partial charge < -0.3 is 11.1 Å². The molecule has 8 heteroatoms. The van der Waals surface area contributed by atoms with Crippen LogP contribution in [0.15, 0.2) is 24.5 Å². The number of nitrogens with one attached hydrogen (secondary N) is 1. The summed E-state index contributed by atoms with van der Waals surface area (Å²) in [7, 11) is 0. The molecule has 0 aliphatic heterocycles. The molecule has 1 aromatic heterocycles. The van der Waals surface area contributed by atoms with Crippen LogP contribution in [0.1, 0.15) is 18.8 Å². The van der Waals surface area contributed by atoms with E-state index < -0.39 is 17.8 Å². The number of nitrogen functional groups attached to an aromatic ring is 1. The summed E-state index contributed by atoms with van der Waals surface area (Å²) >= 11 is 0. The lowest BCUT2D eigenvalue weighted by Crippen LogP contribution is -2.24. The van der Waals surface area contributed by atoms with E-state index in [0.29, 0.717) is 5.69 Å². The fourth-order valence-electron chi connectivity index (χ4n) is 1.51. The molecule has 0 saturated carbocycles. The van der Waals surface area contributed by atoms with Crippen LogP contribution in [0, 0.1) is 17.1 Å². The zero-order valence-electron chi connectivity index (χ0n) is 10.5. The molecule has 0 aliphatic rings. The summed E-state index contributed by atoms with van der Waals surface area (Å²) in [6.45, 7) is 1.55. The van der Waals surface area contributed by atoms with Crippen molar-refractivity contribution in [1.29, 1.82) is 5.26 Å². The monoisotopic (exact) mass is 274 g/mol. The maximum Gasteiger partial charge on any atom is 0.252 e. The molecule has 0 saturated heterocycles. The fraction of sp³-hybridized carbons (Fsp3) is 0.167. The minimum Gasteiger partial charge on any atom is -0.399 e. The van der Waals surface area contributed by atoms with Crippen molar-refractivity contribution in [2.24, 2.45) is 0 Å². The zero-order chi connectivity index (χ0) is 14.7. The molecule has 20 heavy (non-hydrogen) atoms. The number of nitrogens with zero attached hydrogens (tertiary/aromatic N) is 4. The lowest BCUT2D eigenvalue weighted by atomic mass is 10.2. The maximum atomic E-state index is 13.5. The van der Waals surface area contributed by atoms with Gasteiger partial charge >= 0.3 is 0 Å². The van der Waals surface area contributed by atoms with E-state index in [0.717, 1.165) is 0 Å². The number of nitriles is 1. The van der Waals surface area contributed by atoms with E-state index in [-0.39, 0.29) is 11.5 Å². The number of benzene rings is 1. The molecule has 0 aliphatic carbocycles. The van der Waals surface area contributed by atoms with E-state index in [1.807, 2.05) is 0 Å². The second kappa shape index (κ2) is 5.36. The number of amides is 1. The first-order chi connectivity index (χ1) is 9.51. The van der Waals surface area contributed by atoms with E-state index in [1.54, 1.807) is 13.0 Å². The van der Waals surface area contributed by atoms with Crippen LogP contribution in [0.5, 0.6) is 0 Å². The fourth-order valence-corrected chi connectivity index (χ4v) is 1.51. The van der Waals surface area contributed by atoms with Gasteiger partial charge in [0.05, 0.1) is 5.69 Å². The number of aromatic nitrogens is 3. The Kier molecular flexibility index (Phi) is 3.61. The number of rotatable bonds is 3. The molecular formula is C12H11FN6O. The molecule has 0 radical (unpaired) electrons. The third kappa shape index (κ3) is 2.72. The van der Waals surface area contributed by atoms with Gasteiger partial charge in [-0.05, 0) is 25.1 Å². The summed E-state index contributed by atoms with van der Waals surface area (Å²) in [5, 5.41) is 14.8. The molecule has 102 valence electrons. The first-order valence-corrected chi connectivity index (χ1v) is 5.68. The van der Waals surface area contributed by atoms with Crippen LogP contribution >= 0.6 is 0 Å². The Labute approximate surface area is 113 Å². The molecule has 1 amide bonds. The first-order valence-electron chi connectivity index (χ1n) is 5.68. The second-order valence-electron chi connectivity index (χ2n) is 4.06. The van der Waals surface area contributed by atoms with E-state index in [2.05, 4.69) is 15.4 Å². The Morgan fingerprint density at radius 3 is 3.00 bits per heavy atom. The van der Waals surface area contributed by atoms with E-state index >= 15 is 0 Å². The summed E-state index contributed by atoms with van der Waals surface area (Å²) in [5.41, 5.74) is 5.85. The Morgan fingerprint density at radius 1 is 1.60 bits per heavy atom. The standard InChI is InChI=1S/C12H11FN6O/c1-7(19-6-16-11(5-14)18-19)12(20)17-10-4-8(15)2-3-9(10)13/h2-4,6-7H,15H2,1H3,(H,17,20). The van der Waals surface area contributed by atoms with Gasteiger partial charge in [-0.15, -0.1) is 5.10 Å². The van der Waals surface area contributed by atoms with Gasteiger partial charge in [-0.25, -0.2) is 14.1 Å². The summed E-state index contributed by atoms with van der Waals surface area (Å²) in [6.07, 6.45) is 1.26. The smallest absolute Gasteiger partial charge is 0.252 e.